The first kappa shape index (κ1) is 40.4. The molecule has 0 amide bonds. The highest BCUT2D eigenvalue weighted by molar-refractivity contribution is 7.84. The number of benzene rings is 2. The number of halogens is 5. The molecule has 58 heavy (non-hydrogen) atoms. The van der Waals surface area contributed by atoms with Gasteiger partial charge in [-0.1, -0.05) is 41.9 Å². The Balaban J connectivity index is 1.34. The Hall–Kier alpha value is -5.81. The van der Waals surface area contributed by atoms with E-state index >= 15 is 4.39 Å². The van der Waals surface area contributed by atoms with Gasteiger partial charge in [0, 0.05) is 36.7 Å². The van der Waals surface area contributed by atoms with Crippen molar-refractivity contribution in [1.29, 1.82) is 0 Å². The van der Waals surface area contributed by atoms with Crippen molar-refractivity contribution in [2.24, 2.45) is 0 Å². The molecular weight excluding hydrogens is 800 g/mol. The number of anilines is 3. The van der Waals surface area contributed by atoms with Crippen LogP contribution in [-0.2, 0) is 30.1 Å². The largest absolute Gasteiger partial charge is 0.497 e. The number of nitrogens with zero attached hydrogens (tertiary/aromatic N) is 6. The summed E-state index contributed by atoms with van der Waals surface area (Å²) in [6.07, 6.45) is -2.05. The second-order valence-corrected chi connectivity index (χ2v) is 14.9. The fourth-order valence-corrected chi connectivity index (χ4v) is 7.46. The van der Waals surface area contributed by atoms with Crippen molar-refractivity contribution in [3.63, 3.8) is 0 Å². The minimum absolute atomic E-state index is 0.00949. The standard InChI is InChI=1S/C40H37ClF4N8O4S/c1-21-30(40(43,44)45)28(31(41)36(49-21)48-20-24-10-14-26(56-4)15-11-24)33-32(42)34-29-37(52-39(51-34)58(5)54)53(17-18-57-38(29)50-33)22(2)27-7-6-16-46-35(27)47-19-23-8-12-25(55-3)13-9-23/h6-16,22H,17-20H2,1-5H3,(H,46,47)(H,48,49)/t22-,58?/m1/s1. The van der Waals surface area contributed by atoms with Crippen molar-refractivity contribution in [1.82, 2.24) is 24.9 Å². The van der Waals surface area contributed by atoms with E-state index < -0.39 is 61.9 Å². The topological polar surface area (TPSA) is 137 Å². The Morgan fingerprint density at radius 3 is 2.14 bits per heavy atom. The molecule has 1 unspecified atom stereocenters. The van der Waals surface area contributed by atoms with E-state index in [0.29, 0.717) is 18.1 Å². The molecule has 2 aromatic carbocycles. The predicted octanol–water partition coefficient (Wildman–Crippen LogP) is 8.54. The molecule has 1 aliphatic heterocycles. The van der Waals surface area contributed by atoms with Crippen LogP contribution in [0.15, 0.2) is 72.0 Å². The van der Waals surface area contributed by atoms with Gasteiger partial charge in [0.25, 0.3) is 0 Å². The molecule has 2 N–H and O–H groups in total. The van der Waals surface area contributed by atoms with Crippen LogP contribution in [0, 0.1) is 12.7 Å². The SMILES string of the molecule is COc1ccc(CNc2ncccc2[C@@H](C)N2CCOc3nc(-c4c(Cl)c(NCc5ccc(OC)cc5)nc(C)c4C(F)(F)F)c(F)c4nc(S(C)=O)nc2c34)cc1. The monoisotopic (exact) mass is 836 g/mol. The van der Waals surface area contributed by atoms with Gasteiger partial charge in [-0.25, -0.2) is 29.3 Å². The Kier molecular flexibility index (Phi) is 11.5. The van der Waals surface area contributed by atoms with E-state index in [4.69, 9.17) is 25.8 Å². The fourth-order valence-electron chi connectivity index (χ4n) is 6.73. The maximum absolute atomic E-state index is 17.2. The zero-order valence-corrected chi connectivity index (χ0v) is 33.4. The van der Waals surface area contributed by atoms with Gasteiger partial charge >= 0.3 is 6.18 Å². The molecule has 0 fully saturated rings. The third kappa shape index (κ3) is 8.00. The van der Waals surface area contributed by atoms with Gasteiger partial charge in [-0.3, -0.25) is 4.21 Å². The molecular formula is C40H37ClF4N8O4S. The number of alkyl halides is 3. The molecule has 7 rings (SSSR count). The number of aryl methyl sites for hydroxylation is 1. The third-order valence-corrected chi connectivity index (χ3v) is 10.7. The van der Waals surface area contributed by atoms with Gasteiger partial charge in [0.1, 0.15) is 52.2 Å². The Bertz CT molecular complexity index is 2510. The maximum Gasteiger partial charge on any atom is 0.418 e. The summed E-state index contributed by atoms with van der Waals surface area (Å²) >= 11 is 6.74. The van der Waals surface area contributed by atoms with Crippen LogP contribution in [0.1, 0.15) is 40.9 Å². The number of hydrogen-bond donors (Lipinski definition) is 2. The lowest BCUT2D eigenvalue weighted by atomic mass is 10.0. The van der Waals surface area contributed by atoms with Gasteiger partial charge in [0.2, 0.25) is 11.0 Å². The van der Waals surface area contributed by atoms with Gasteiger partial charge in [0.15, 0.2) is 5.82 Å². The van der Waals surface area contributed by atoms with E-state index in [2.05, 4.69) is 35.6 Å². The lowest BCUT2D eigenvalue weighted by Crippen LogP contribution is -2.31. The second kappa shape index (κ2) is 16.6. The summed E-state index contributed by atoms with van der Waals surface area (Å²) in [7, 11) is 1.28. The van der Waals surface area contributed by atoms with Crippen molar-refractivity contribution in [3.8, 4) is 28.6 Å². The van der Waals surface area contributed by atoms with Crippen molar-refractivity contribution in [2.45, 2.75) is 44.3 Å². The zero-order valence-electron chi connectivity index (χ0n) is 31.9. The smallest absolute Gasteiger partial charge is 0.418 e. The van der Waals surface area contributed by atoms with Crippen molar-refractivity contribution in [3.05, 3.63) is 106 Å². The lowest BCUT2D eigenvalue weighted by Gasteiger charge is -2.31. The Labute approximate surface area is 338 Å². The molecule has 0 bridgehead atoms. The van der Waals surface area contributed by atoms with Crippen LogP contribution in [-0.4, -0.2) is 62.8 Å². The number of pyridine rings is 3. The number of ether oxygens (including phenoxy) is 3. The van der Waals surface area contributed by atoms with Gasteiger partial charge in [0.05, 0.1) is 53.9 Å². The van der Waals surface area contributed by atoms with Crippen LogP contribution < -0.4 is 29.7 Å². The molecule has 2 atom stereocenters. The van der Waals surface area contributed by atoms with Crippen molar-refractivity contribution >= 4 is 50.8 Å². The molecule has 6 aromatic rings. The van der Waals surface area contributed by atoms with Gasteiger partial charge < -0.3 is 29.7 Å². The summed E-state index contributed by atoms with van der Waals surface area (Å²) in [6.45, 7) is 3.75. The molecule has 0 saturated heterocycles. The molecule has 0 saturated carbocycles. The van der Waals surface area contributed by atoms with Crippen LogP contribution in [0.25, 0.3) is 22.2 Å². The summed E-state index contributed by atoms with van der Waals surface area (Å²) in [4.78, 5) is 23.8. The summed E-state index contributed by atoms with van der Waals surface area (Å²) < 4.78 is 91.4. The number of methoxy groups -OCH3 is 2. The van der Waals surface area contributed by atoms with Crippen molar-refractivity contribution in [2.75, 3.05) is 49.2 Å². The molecule has 4 aromatic heterocycles. The molecule has 1 aliphatic rings. The van der Waals surface area contributed by atoms with Gasteiger partial charge in [-0.15, -0.1) is 0 Å². The number of rotatable bonds is 12. The molecule has 12 nitrogen and oxygen atoms in total. The van der Waals surface area contributed by atoms with E-state index in [1.807, 2.05) is 42.2 Å². The molecule has 0 radical (unpaired) electrons. The normalized spacial score (nSPS) is 13.7. The van der Waals surface area contributed by atoms with Gasteiger partial charge in [-0.05, 0) is 55.3 Å². The van der Waals surface area contributed by atoms with E-state index in [9.17, 15) is 17.4 Å². The maximum atomic E-state index is 17.2. The van der Waals surface area contributed by atoms with Crippen LogP contribution in [0.3, 0.4) is 0 Å². The third-order valence-electron chi connectivity index (χ3n) is 9.65. The van der Waals surface area contributed by atoms with Crippen LogP contribution in [0.4, 0.5) is 35.0 Å². The molecule has 302 valence electrons. The Morgan fingerprint density at radius 2 is 1.55 bits per heavy atom. The zero-order chi connectivity index (χ0) is 41.3. The fraction of sp³-hybridized carbons (Fsp3) is 0.275. The van der Waals surface area contributed by atoms with E-state index in [1.165, 1.54) is 13.4 Å². The van der Waals surface area contributed by atoms with E-state index in [0.717, 1.165) is 29.4 Å². The first-order chi connectivity index (χ1) is 27.8. The summed E-state index contributed by atoms with van der Waals surface area (Å²) in [5.41, 5.74) is -1.24. The first-order valence-electron chi connectivity index (χ1n) is 17.9. The summed E-state index contributed by atoms with van der Waals surface area (Å²) in [5, 5.41) is 5.58. The highest BCUT2D eigenvalue weighted by Gasteiger charge is 2.41. The number of nitrogens with one attached hydrogen (secondary N) is 2. The van der Waals surface area contributed by atoms with Crippen LogP contribution in [0.5, 0.6) is 17.4 Å². The summed E-state index contributed by atoms with van der Waals surface area (Å²) in [6, 6.07) is 17.7. The van der Waals surface area contributed by atoms with Crippen LogP contribution >= 0.6 is 11.6 Å². The highest BCUT2D eigenvalue weighted by Crippen LogP contribution is 2.48. The Morgan fingerprint density at radius 1 is 0.931 bits per heavy atom. The molecule has 5 heterocycles. The van der Waals surface area contributed by atoms with Crippen LogP contribution in [0.2, 0.25) is 5.02 Å². The van der Waals surface area contributed by atoms with Gasteiger partial charge in [-0.2, -0.15) is 13.2 Å². The predicted molar refractivity (Wildman–Crippen MR) is 214 cm³/mol. The average Bonchev–Trinajstić information content (AvgIpc) is 3.40. The number of hydrogen-bond acceptors (Lipinski definition) is 12. The van der Waals surface area contributed by atoms with E-state index in [1.54, 1.807) is 43.6 Å². The second-order valence-electron chi connectivity index (χ2n) is 13.3. The highest BCUT2D eigenvalue weighted by atomic mass is 35.5. The number of aromatic nitrogens is 5. The van der Waals surface area contributed by atoms with E-state index in [-0.39, 0.29) is 47.8 Å². The molecule has 0 aliphatic carbocycles. The molecule has 18 heteroatoms. The molecule has 0 spiro atoms. The average molecular weight is 837 g/mol. The van der Waals surface area contributed by atoms with Crippen molar-refractivity contribution < 1.29 is 36.0 Å². The lowest BCUT2D eigenvalue weighted by molar-refractivity contribution is -0.137. The minimum atomic E-state index is -5.02. The quantitative estimate of drug-likeness (QED) is 0.0903. The first-order valence-corrected chi connectivity index (χ1v) is 19.8. The minimum Gasteiger partial charge on any atom is -0.497 e. The summed E-state index contributed by atoms with van der Waals surface area (Å²) in [5.74, 6) is 0.453.